The number of halogens is 3. The van der Waals surface area contributed by atoms with E-state index in [0.29, 0.717) is 17.7 Å². The number of amides is 1. The van der Waals surface area contributed by atoms with E-state index in [1.54, 1.807) is 31.2 Å². The Morgan fingerprint density at radius 3 is 2.61 bits per heavy atom. The highest BCUT2D eigenvalue weighted by molar-refractivity contribution is 6.10. The molecule has 0 bridgehead atoms. The van der Waals surface area contributed by atoms with Gasteiger partial charge in [0.05, 0.1) is 17.7 Å². The zero-order valence-corrected chi connectivity index (χ0v) is 17.4. The Bertz CT molecular complexity index is 1050. The number of benzene rings is 2. The van der Waals surface area contributed by atoms with Crippen LogP contribution >= 0.6 is 0 Å². The van der Waals surface area contributed by atoms with Gasteiger partial charge in [0.25, 0.3) is 5.91 Å². The van der Waals surface area contributed by atoms with Crippen LogP contribution in [-0.4, -0.2) is 41.9 Å². The maximum Gasteiger partial charge on any atom is 0.416 e. The Kier molecular flexibility index (Phi) is 5.29. The first-order valence-corrected chi connectivity index (χ1v) is 10.2. The maximum absolute atomic E-state index is 13.4. The number of rotatable bonds is 4. The molecule has 2 heterocycles. The van der Waals surface area contributed by atoms with Gasteiger partial charge >= 0.3 is 6.18 Å². The highest BCUT2D eigenvalue weighted by atomic mass is 19.4. The van der Waals surface area contributed by atoms with E-state index in [1.165, 1.54) is 17.0 Å². The van der Waals surface area contributed by atoms with Crippen molar-refractivity contribution in [3.8, 4) is 0 Å². The molecule has 2 aromatic rings. The molecule has 5 nitrogen and oxygen atoms in total. The van der Waals surface area contributed by atoms with Crippen LogP contribution in [0.15, 0.2) is 47.5 Å². The fourth-order valence-corrected chi connectivity index (χ4v) is 4.18. The molecule has 31 heavy (non-hydrogen) atoms. The molecule has 2 aromatic carbocycles. The highest BCUT2D eigenvalue weighted by Gasteiger charge is 2.40. The Morgan fingerprint density at radius 1 is 1.16 bits per heavy atom. The first kappa shape index (κ1) is 21.4. The van der Waals surface area contributed by atoms with Crippen molar-refractivity contribution in [2.24, 2.45) is 4.99 Å². The first-order valence-electron chi connectivity index (χ1n) is 10.2. The number of anilines is 1. The van der Waals surface area contributed by atoms with Crippen molar-refractivity contribution in [2.75, 3.05) is 25.0 Å². The monoisotopic (exact) mass is 431 g/mol. The molecular formula is C23H24F3N3O2. The van der Waals surface area contributed by atoms with Crippen LogP contribution < -0.4 is 4.90 Å². The molecule has 0 saturated carbocycles. The summed E-state index contributed by atoms with van der Waals surface area (Å²) >= 11 is 0. The third-order valence-electron chi connectivity index (χ3n) is 5.94. The van der Waals surface area contributed by atoms with E-state index in [-0.39, 0.29) is 17.7 Å². The van der Waals surface area contributed by atoms with Gasteiger partial charge in [-0.25, -0.2) is 0 Å². The minimum atomic E-state index is -4.53. The number of fused-ring (bicyclic) bond motifs is 1. The summed E-state index contributed by atoms with van der Waals surface area (Å²) in [6.07, 6.45) is -3.26. The van der Waals surface area contributed by atoms with Crippen molar-refractivity contribution in [2.45, 2.75) is 38.1 Å². The van der Waals surface area contributed by atoms with Crippen molar-refractivity contribution in [3.05, 3.63) is 64.7 Å². The normalized spacial score (nSPS) is 18.6. The van der Waals surface area contributed by atoms with Crippen LogP contribution in [0.5, 0.6) is 0 Å². The van der Waals surface area contributed by atoms with Gasteiger partial charge in [0.15, 0.2) is 0 Å². The van der Waals surface area contributed by atoms with Gasteiger partial charge < -0.3 is 14.9 Å². The number of aliphatic imine (C=N–C) groups is 1. The summed E-state index contributed by atoms with van der Waals surface area (Å²) in [7, 11) is 1.93. The minimum Gasteiger partial charge on any atom is -0.385 e. The Hall–Kier alpha value is -2.87. The molecule has 1 atom stereocenters. The van der Waals surface area contributed by atoms with Crippen molar-refractivity contribution < 1.29 is 23.1 Å². The van der Waals surface area contributed by atoms with Crippen molar-refractivity contribution in [3.63, 3.8) is 0 Å². The smallest absolute Gasteiger partial charge is 0.385 e. The second kappa shape index (κ2) is 7.67. The molecule has 8 heteroatoms. The number of alkyl halides is 3. The predicted molar refractivity (Wildman–Crippen MR) is 112 cm³/mol. The van der Waals surface area contributed by atoms with E-state index in [4.69, 9.17) is 0 Å². The fourth-order valence-electron chi connectivity index (χ4n) is 4.18. The molecule has 0 fully saturated rings. The van der Waals surface area contributed by atoms with Gasteiger partial charge in [0.1, 0.15) is 5.84 Å². The molecule has 2 aliphatic rings. The first-order chi connectivity index (χ1) is 14.6. The van der Waals surface area contributed by atoms with Crippen molar-refractivity contribution in [1.29, 1.82) is 0 Å². The van der Waals surface area contributed by atoms with Crippen LogP contribution in [-0.2, 0) is 18.3 Å². The zero-order valence-electron chi connectivity index (χ0n) is 17.4. The fraction of sp³-hybridized carbons (Fsp3) is 0.391. The summed E-state index contributed by atoms with van der Waals surface area (Å²) in [5.74, 6) is 0.329. The Labute approximate surface area is 178 Å². The lowest BCUT2D eigenvalue weighted by molar-refractivity contribution is -0.138. The van der Waals surface area contributed by atoms with Crippen LogP contribution in [0.2, 0.25) is 0 Å². The molecule has 1 unspecified atom stereocenters. The van der Waals surface area contributed by atoms with E-state index in [2.05, 4.69) is 4.99 Å². The van der Waals surface area contributed by atoms with Gasteiger partial charge in [-0.15, -0.1) is 0 Å². The topological polar surface area (TPSA) is 56.1 Å². The van der Waals surface area contributed by atoms with Gasteiger partial charge in [-0.05, 0) is 48.7 Å². The van der Waals surface area contributed by atoms with Gasteiger partial charge in [-0.2, -0.15) is 13.2 Å². The summed E-state index contributed by atoms with van der Waals surface area (Å²) in [6, 6.07) is 10.5. The van der Waals surface area contributed by atoms with E-state index < -0.39 is 23.2 Å². The molecule has 4 rings (SSSR count). The number of hydrogen-bond donors (Lipinski definition) is 1. The molecular weight excluding hydrogens is 407 g/mol. The van der Waals surface area contributed by atoms with Gasteiger partial charge in [-0.3, -0.25) is 9.79 Å². The molecule has 1 N–H and O–H groups in total. The molecule has 0 spiro atoms. The molecule has 0 radical (unpaired) electrons. The zero-order chi connectivity index (χ0) is 22.4. The van der Waals surface area contributed by atoms with Crippen LogP contribution in [0.3, 0.4) is 0 Å². The number of nitrogens with zero attached hydrogens (tertiary/aromatic N) is 3. The summed E-state index contributed by atoms with van der Waals surface area (Å²) in [5.41, 5.74) is -0.965. The summed E-state index contributed by atoms with van der Waals surface area (Å²) in [5, 5.41) is 11.2. The van der Waals surface area contributed by atoms with E-state index in [9.17, 15) is 23.1 Å². The molecule has 2 aliphatic heterocycles. The summed E-state index contributed by atoms with van der Waals surface area (Å²) in [6.45, 7) is 3.11. The van der Waals surface area contributed by atoms with Gasteiger partial charge in [0, 0.05) is 37.8 Å². The number of hydrogen-bond acceptors (Lipinski definition) is 4. The summed E-state index contributed by atoms with van der Waals surface area (Å²) in [4.78, 5) is 20.7. The second-order valence-corrected chi connectivity index (χ2v) is 8.29. The lowest BCUT2D eigenvalue weighted by atomic mass is 9.91. The largest absolute Gasteiger partial charge is 0.416 e. The van der Waals surface area contributed by atoms with Crippen LogP contribution in [0.4, 0.5) is 18.9 Å². The molecule has 1 amide bonds. The van der Waals surface area contributed by atoms with Gasteiger partial charge in [0.2, 0.25) is 0 Å². The third kappa shape index (κ3) is 4.04. The van der Waals surface area contributed by atoms with Crippen LogP contribution in [0.25, 0.3) is 0 Å². The van der Waals surface area contributed by atoms with Crippen molar-refractivity contribution in [1.82, 2.24) is 4.90 Å². The SMILES string of the molecule is CN1CCCN=C1CC(C)(O)c1cccc(N2Cc3c(cccc3C(F)(F)F)C2=O)c1. The Morgan fingerprint density at radius 2 is 1.90 bits per heavy atom. The van der Waals surface area contributed by atoms with E-state index >= 15 is 0 Å². The number of carbonyl (C=O) groups is 1. The van der Waals surface area contributed by atoms with Gasteiger partial charge in [-0.1, -0.05) is 18.2 Å². The molecule has 164 valence electrons. The van der Waals surface area contributed by atoms with Crippen LogP contribution in [0.1, 0.15) is 46.8 Å². The maximum atomic E-state index is 13.4. The lowest BCUT2D eigenvalue weighted by Gasteiger charge is -2.32. The average Bonchev–Trinajstić information content (AvgIpc) is 3.06. The second-order valence-electron chi connectivity index (χ2n) is 8.29. The highest BCUT2D eigenvalue weighted by Crippen LogP contribution is 2.39. The number of aliphatic hydroxyl groups is 1. The standard InChI is InChI=1S/C23H24F3N3O2/c1-22(31,13-20-27-10-5-11-28(20)2)15-6-3-7-16(12-15)29-14-18-17(21(29)30)8-4-9-19(18)23(24,25)26/h3-4,6-9,12,31H,5,10-11,13-14H2,1-2H3. The molecule has 0 aromatic heterocycles. The molecule has 0 aliphatic carbocycles. The number of amidine groups is 1. The molecule has 0 saturated heterocycles. The third-order valence-corrected chi connectivity index (χ3v) is 5.94. The average molecular weight is 431 g/mol. The van der Waals surface area contributed by atoms with Crippen molar-refractivity contribution >= 4 is 17.4 Å². The van der Waals surface area contributed by atoms with Crippen LogP contribution in [0, 0.1) is 0 Å². The van der Waals surface area contributed by atoms with E-state index in [1.807, 2.05) is 11.9 Å². The quantitative estimate of drug-likeness (QED) is 0.790. The van der Waals surface area contributed by atoms with E-state index in [0.717, 1.165) is 31.4 Å². The predicted octanol–water partition coefficient (Wildman–Crippen LogP) is 4.20. The number of carbonyl (C=O) groups excluding carboxylic acids is 1. The lowest BCUT2D eigenvalue weighted by Crippen LogP contribution is -2.37. The Balaban J connectivity index is 1.63. The minimum absolute atomic E-state index is 0.0182. The summed E-state index contributed by atoms with van der Waals surface area (Å²) < 4.78 is 40.2.